The molecule has 35 heavy (non-hydrogen) atoms. The Labute approximate surface area is 214 Å². The zero-order valence-corrected chi connectivity index (χ0v) is 21.4. The van der Waals surface area contributed by atoms with Crippen LogP contribution in [-0.4, -0.2) is 62.1 Å². The van der Waals surface area contributed by atoms with Gasteiger partial charge in [-0.3, -0.25) is 18.9 Å². The van der Waals surface area contributed by atoms with Gasteiger partial charge in [0.2, 0.25) is 0 Å². The van der Waals surface area contributed by atoms with Crippen molar-refractivity contribution in [1.29, 1.82) is 0 Å². The predicted octanol–water partition coefficient (Wildman–Crippen LogP) is 3.55. The van der Waals surface area contributed by atoms with E-state index < -0.39 is 0 Å². The Morgan fingerprint density at radius 1 is 1.06 bits per heavy atom. The fourth-order valence-electron chi connectivity index (χ4n) is 4.42. The molecule has 180 valence electrons. The van der Waals surface area contributed by atoms with E-state index in [1.54, 1.807) is 21.6 Å². The van der Waals surface area contributed by atoms with Crippen molar-refractivity contribution < 1.29 is 4.79 Å². The summed E-state index contributed by atoms with van der Waals surface area (Å²) in [6, 6.07) is 13.6. The quantitative estimate of drug-likeness (QED) is 0.388. The molecule has 2 saturated heterocycles. The summed E-state index contributed by atoms with van der Waals surface area (Å²) in [5.41, 5.74) is 2.81. The topological polar surface area (TPSA) is 61.2 Å². The minimum atomic E-state index is -0.181. The molecule has 9 heteroatoms. The average molecular weight is 506 g/mol. The lowest BCUT2D eigenvalue weighted by molar-refractivity contribution is -0.122. The lowest BCUT2D eigenvalue weighted by atomic mass is 10.2. The molecule has 0 aliphatic carbocycles. The number of hydrogen-bond acceptors (Lipinski definition) is 7. The maximum absolute atomic E-state index is 13.7. The molecule has 5 rings (SSSR count). The van der Waals surface area contributed by atoms with Crippen molar-refractivity contribution in [3.63, 3.8) is 0 Å². The number of carbonyl (C=O) groups excluding carboxylic acids is 1. The van der Waals surface area contributed by atoms with Crippen LogP contribution in [0.25, 0.3) is 11.7 Å². The number of anilines is 1. The number of aryl methyl sites for hydroxylation is 1. The van der Waals surface area contributed by atoms with E-state index in [0.29, 0.717) is 32.8 Å². The van der Waals surface area contributed by atoms with E-state index >= 15 is 0 Å². The van der Waals surface area contributed by atoms with Gasteiger partial charge in [0.1, 0.15) is 15.8 Å². The number of hydrogen-bond donors (Lipinski definition) is 0. The van der Waals surface area contributed by atoms with Gasteiger partial charge >= 0.3 is 0 Å². The average Bonchev–Trinajstić information content (AvgIpc) is 3.14. The summed E-state index contributed by atoms with van der Waals surface area (Å²) in [6.07, 6.45) is 3.48. The molecule has 2 aliphatic heterocycles. The van der Waals surface area contributed by atoms with Crippen LogP contribution >= 0.6 is 24.0 Å². The molecule has 2 fully saturated rings. The highest BCUT2D eigenvalue weighted by atomic mass is 32.2. The number of fused-ring (bicyclic) bond motifs is 1. The molecular weight excluding hydrogens is 478 g/mol. The molecule has 0 saturated carbocycles. The van der Waals surface area contributed by atoms with Gasteiger partial charge in [0, 0.05) is 32.4 Å². The van der Waals surface area contributed by atoms with Gasteiger partial charge in [-0.2, -0.15) is 0 Å². The first-order valence-electron chi connectivity index (χ1n) is 11.7. The van der Waals surface area contributed by atoms with Crippen LogP contribution in [-0.2, 0) is 11.3 Å². The molecule has 4 heterocycles. The van der Waals surface area contributed by atoms with Crippen LogP contribution in [0.15, 0.2) is 58.4 Å². The second-order valence-electron chi connectivity index (χ2n) is 8.76. The number of thiocarbonyl (C=S) groups is 1. The molecule has 1 amide bonds. The Kier molecular flexibility index (Phi) is 6.73. The second kappa shape index (κ2) is 9.93. The summed E-state index contributed by atoms with van der Waals surface area (Å²) >= 11 is 6.77. The smallest absolute Gasteiger partial charge is 0.267 e. The van der Waals surface area contributed by atoms with Crippen molar-refractivity contribution in [3.8, 4) is 0 Å². The number of rotatable bonds is 5. The van der Waals surface area contributed by atoms with Gasteiger partial charge in [-0.1, -0.05) is 67.3 Å². The monoisotopic (exact) mass is 505 g/mol. The molecule has 2 aromatic heterocycles. The molecular formula is C26H27N5O2S2. The lowest BCUT2D eigenvalue weighted by Crippen LogP contribution is -2.47. The van der Waals surface area contributed by atoms with Crippen LogP contribution in [0.4, 0.5) is 5.82 Å². The normalized spacial score (nSPS) is 18.3. The lowest BCUT2D eigenvalue weighted by Gasteiger charge is -2.35. The van der Waals surface area contributed by atoms with E-state index in [0.717, 1.165) is 43.9 Å². The second-order valence-corrected chi connectivity index (χ2v) is 10.4. The highest BCUT2D eigenvalue weighted by Crippen LogP contribution is 2.34. The van der Waals surface area contributed by atoms with Crippen LogP contribution in [0.5, 0.6) is 0 Å². The van der Waals surface area contributed by atoms with E-state index in [2.05, 4.69) is 16.7 Å². The largest absolute Gasteiger partial charge is 0.353 e. The molecule has 0 N–H and O–H groups in total. The number of nitrogens with zero attached hydrogens (tertiary/aromatic N) is 5. The summed E-state index contributed by atoms with van der Waals surface area (Å²) in [4.78, 5) is 38.5. The third-order valence-electron chi connectivity index (χ3n) is 6.44. The number of likely N-dealkylation sites (N-methyl/N-ethyl adjacent to an activating group) is 1. The number of benzene rings is 1. The zero-order chi connectivity index (χ0) is 24.5. The number of thioether (sulfide) groups is 1. The van der Waals surface area contributed by atoms with Crippen LogP contribution in [0.1, 0.15) is 23.6 Å². The Bertz CT molecular complexity index is 1380. The molecule has 0 radical (unpaired) electrons. The zero-order valence-electron chi connectivity index (χ0n) is 19.8. The van der Waals surface area contributed by atoms with Crippen LogP contribution in [0, 0.1) is 6.92 Å². The van der Waals surface area contributed by atoms with Gasteiger partial charge < -0.3 is 9.80 Å². The van der Waals surface area contributed by atoms with Crippen LogP contribution in [0.3, 0.4) is 0 Å². The van der Waals surface area contributed by atoms with Crippen molar-refractivity contribution in [2.75, 3.05) is 37.6 Å². The SMILES string of the molecule is CCN1CCN(c2nc3ccc(C)cn3c(=O)c2C=C2SC(=S)N(Cc3ccccc3)C2=O)CC1. The fourth-order valence-corrected chi connectivity index (χ4v) is 5.66. The first-order chi connectivity index (χ1) is 16.9. The van der Waals surface area contributed by atoms with Crippen molar-refractivity contribution >= 4 is 51.7 Å². The molecule has 0 bridgehead atoms. The van der Waals surface area contributed by atoms with Crippen molar-refractivity contribution in [3.05, 3.63) is 80.6 Å². The summed E-state index contributed by atoms with van der Waals surface area (Å²) in [7, 11) is 0. The van der Waals surface area contributed by atoms with Crippen molar-refractivity contribution in [1.82, 2.24) is 19.2 Å². The van der Waals surface area contributed by atoms with E-state index in [-0.39, 0.29) is 11.5 Å². The van der Waals surface area contributed by atoms with Gasteiger partial charge in [0.05, 0.1) is 17.0 Å². The number of pyridine rings is 1. The summed E-state index contributed by atoms with van der Waals surface area (Å²) in [6.45, 7) is 8.87. The van der Waals surface area contributed by atoms with E-state index in [9.17, 15) is 9.59 Å². The minimum absolute atomic E-state index is 0.181. The third kappa shape index (κ3) is 4.76. The van der Waals surface area contributed by atoms with E-state index in [1.165, 1.54) is 11.8 Å². The van der Waals surface area contributed by atoms with E-state index in [1.807, 2.05) is 49.4 Å². The maximum Gasteiger partial charge on any atom is 0.267 e. The van der Waals surface area contributed by atoms with E-state index in [4.69, 9.17) is 17.2 Å². The number of carbonyl (C=O) groups is 1. The van der Waals surface area contributed by atoms with Gasteiger partial charge in [-0.25, -0.2) is 4.98 Å². The molecule has 0 atom stereocenters. The van der Waals surface area contributed by atoms with Gasteiger partial charge in [0.25, 0.3) is 11.5 Å². The van der Waals surface area contributed by atoms with Crippen molar-refractivity contribution in [2.45, 2.75) is 20.4 Å². The Morgan fingerprint density at radius 2 is 1.80 bits per heavy atom. The Balaban J connectivity index is 1.56. The molecule has 2 aliphatic rings. The Hall–Kier alpha value is -3.01. The van der Waals surface area contributed by atoms with Gasteiger partial charge in [0.15, 0.2) is 0 Å². The number of piperazine rings is 1. The first-order valence-corrected chi connectivity index (χ1v) is 13.0. The number of aromatic nitrogens is 2. The fraction of sp³-hybridized carbons (Fsp3) is 0.308. The molecule has 3 aromatic rings. The molecule has 0 unspecified atom stereocenters. The highest BCUT2D eigenvalue weighted by Gasteiger charge is 2.33. The number of amides is 1. The maximum atomic E-state index is 13.7. The van der Waals surface area contributed by atoms with Crippen LogP contribution in [0.2, 0.25) is 0 Å². The Morgan fingerprint density at radius 3 is 2.51 bits per heavy atom. The predicted molar refractivity (Wildman–Crippen MR) is 146 cm³/mol. The highest BCUT2D eigenvalue weighted by molar-refractivity contribution is 8.26. The summed E-state index contributed by atoms with van der Waals surface area (Å²) in [5, 5.41) is 0. The van der Waals surface area contributed by atoms with Crippen LogP contribution < -0.4 is 10.5 Å². The van der Waals surface area contributed by atoms with Crippen molar-refractivity contribution in [2.24, 2.45) is 0 Å². The molecule has 1 aromatic carbocycles. The van der Waals surface area contributed by atoms with Gasteiger partial charge in [-0.15, -0.1) is 0 Å². The first kappa shape index (κ1) is 23.7. The standard InChI is InChI=1S/C26H27N5O2S2/c1-3-28-11-13-29(14-12-28)23-20(24(32)30-16-18(2)9-10-22(30)27-23)15-21-25(33)31(26(34)35-21)17-19-7-5-4-6-8-19/h4-10,15-16H,3,11-14,17H2,1-2H3. The third-order valence-corrected chi connectivity index (χ3v) is 7.81. The molecule has 0 spiro atoms. The molecule has 7 nitrogen and oxygen atoms in total. The minimum Gasteiger partial charge on any atom is -0.353 e. The summed E-state index contributed by atoms with van der Waals surface area (Å²) in [5.74, 6) is 0.447. The van der Waals surface area contributed by atoms with Gasteiger partial charge in [-0.05, 0) is 36.7 Å². The summed E-state index contributed by atoms with van der Waals surface area (Å²) < 4.78 is 2.06.